The van der Waals surface area contributed by atoms with Crippen molar-refractivity contribution in [2.75, 3.05) is 0 Å². The van der Waals surface area contributed by atoms with Crippen molar-refractivity contribution in [3.05, 3.63) is 102 Å². The molecule has 2 aromatic carbocycles. The normalized spacial score (nSPS) is 11.8. The third-order valence-electron chi connectivity index (χ3n) is 4.67. The van der Waals surface area contributed by atoms with Crippen molar-refractivity contribution < 1.29 is 14.1 Å². The molecule has 9 nitrogen and oxygen atoms in total. The highest BCUT2D eigenvalue weighted by molar-refractivity contribution is 9.10. The van der Waals surface area contributed by atoms with E-state index in [1.165, 1.54) is 21.9 Å². The fraction of sp³-hybridized carbons (Fsp3) is 0.0455. The van der Waals surface area contributed by atoms with Gasteiger partial charge in [0.1, 0.15) is 28.4 Å². The zero-order chi connectivity index (χ0) is 22.9. The number of nitro benzene ring substituents is 1. The SMILES string of the molecule is O=c1/c(=C/c2ccc(-c3ccccc3[N+](=O)[O-])o2)sc2nc(COc3ccc(Br)cc3)nn12. The monoisotopic (exact) mass is 524 g/mol. The van der Waals surface area contributed by atoms with E-state index in [2.05, 4.69) is 26.0 Å². The number of ether oxygens (including phenoxy) is 1. The Balaban J connectivity index is 1.40. The Hall–Kier alpha value is -3.83. The number of thiazole rings is 1. The quantitative estimate of drug-likeness (QED) is 0.241. The van der Waals surface area contributed by atoms with E-state index in [0.717, 1.165) is 4.47 Å². The molecule has 0 aliphatic carbocycles. The fourth-order valence-electron chi connectivity index (χ4n) is 3.16. The first-order chi connectivity index (χ1) is 16.0. The van der Waals surface area contributed by atoms with Crippen LogP contribution >= 0.6 is 27.3 Å². The van der Waals surface area contributed by atoms with Gasteiger partial charge in [0.2, 0.25) is 4.96 Å². The van der Waals surface area contributed by atoms with Gasteiger partial charge in [-0.1, -0.05) is 39.4 Å². The molecule has 5 aromatic rings. The number of furan rings is 1. The Morgan fingerprint density at radius 2 is 1.94 bits per heavy atom. The van der Waals surface area contributed by atoms with Crippen LogP contribution < -0.4 is 14.8 Å². The van der Waals surface area contributed by atoms with Crippen LogP contribution in [0.15, 0.2) is 74.3 Å². The first-order valence-corrected chi connectivity index (χ1v) is 11.2. The van der Waals surface area contributed by atoms with Gasteiger partial charge >= 0.3 is 0 Å². The van der Waals surface area contributed by atoms with Gasteiger partial charge in [-0.05, 0) is 42.5 Å². The number of fused-ring (bicyclic) bond motifs is 1. The molecule has 0 aliphatic rings. The van der Waals surface area contributed by atoms with Crippen LogP contribution in [0.25, 0.3) is 22.4 Å². The van der Waals surface area contributed by atoms with Crippen molar-refractivity contribution >= 4 is 44.0 Å². The number of hydrogen-bond donors (Lipinski definition) is 0. The van der Waals surface area contributed by atoms with Crippen molar-refractivity contribution in [3.8, 4) is 17.1 Å². The molecule has 164 valence electrons. The summed E-state index contributed by atoms with van der Waals surface area (Å²) >= 11 is 4.53. The highest BCUT2D eigenvalue weighted by atomic mass is 79.9. The molecule has 0 saturated heterocycles. The summed E-state index contributed by atoms with van der Waals surface area (Å²) in [5, 5.41) is 15.5. The average Bonchev–Trinajstić information content (AvgIpc) is 3.51. The van der Waals surface area contributed by atoms with E-state index in [1.54, 1.807) is 36.4 Å². The molecule has 0 saturated carbocycles. The predicted octanol–water partition coefficient (Wildman–Crippen LogP) is 4.21. The number of rotatable bonds is 6. The topological polar surface area (TPSA) is 113 Å². The van der Waals surface area contributed by atoms with Gasteiger partial charge < -0.3 is 9.15 Å². The minimum Gasteiger partial charge on any atom is -0.486 e. The molecule has 0 N–H and O–H groups in total. The van der Waals surface area contributed by atoms with E-state index in [0.29, 0.717) is 38.2 Å². The van der Waals surface area contributed by atoms with Gasteiger partial charge in [-0.25, -0.2) is 0 Å². The van der Waals surface area contributed by atoms with E-state index in [-0.39, 0.29) is 17.9 Å². The van der Waals surface area contributed by atoms with Crippen molar-refractivity contribution in [3.63, 3.8) is 0 Å². The standard InChI is InChI=1S/C22H13BrN4O5S/c23-13-5-7-14(8-6-13)31-12-20-24-22-26(25-20)21(28)19(33-22)11-15-9-10-18(32-15)16-3-1-2-4-17(16)27(29)30/h1-11H,12H2/b19-11-. The summed E-state index contributed by atoms with van der Waals surface area (Å²) in [5.41, 5.74) is -0.0248. The summed E-state index contributed by atoms with van der Waals surface area (Å²) in [6.45, 7) is 0.131. The lowest BCUT2D eigenvalue weighted by atomic mass is 10.1. The third kappa shape index (κ3) is 4.28. The smallest absolute Gasteiger partial charge is 0.291 e. The fourth-order valence-corrected chi connectivity index (χ4v) is 4.33. The molecule has 0 atom stereocenters. The minimum absolute atomic E-state index is 0.0559. The lowest BCUT2D eigenvalue weighted by Gasteiger charge is -2.02. The second-order valence-corrected chi connectivity index (χ2v) is 8.78. The molecule has 0 amide bonds. The predicted molar refractivity (Wildman–Crippen MR) is 125 cm³/mol. The molecule has 0 aliphatic heterocycles. The zero-order valence-corrected chi connectivity index (χ0v) is 19.1. The maximum Gasteiger partial charge on any atom is 0.291 e. The second-order valence-electron chi connectivity index (χ2n) is 6.86. The molecule has 11 heteroatoms. The van der Waals surface area contributed by atoms with E-state index >= 15 is 0 Å². The highest BCUT2D eigenvalue weighted by Gasteiger charge is 2.17. The second kappa shape index (κ2) is 8.60. The van der Waals surface area contributed by atoms with Crippen LogP contribution in [0.4, 0.5) is 5.69 Å². The van der Waals surface area contributed by atoms with Gasteiger partial charge in [0, 0.05) is 16.6 Å². The number of para-hydroxylation sites is 1. The van der Waals surface area contributed by atoms with E-state index in [4.69, 9.17) is 9.15 Å². The van der Waals surface area contributed by atoms with Gasteiger partial charge in [0.25, 0.3) is 11.2 Å². The molecule has 0 fully saturated rings. The Morgan fingerprint density at radius 3 is 2.70 bits per heavy atom. The number of aromatic nitrogens is 3. The van der Waals surface area contributed by atoms with Gasteiger partial charge in [0.15, 0.2) is 5.82 Å². The number of hydrogen-bond acceptors (Lipinski definition) is 8. The summed E-state index contributed by atoms with van der Waals surface area (Å²) < 4.78 is 14.0. The first kappa shape index (κ1) is 21.0. The highest BCUT2D eigenvalue weighted by Crippen LogP contribution is 2.31. The number of benzene rings is 2. The number of nitrogens with zero attached hydrogens (tertiary/aromatic N) is 4. The third-order valence-corrected chi connectivity index (χ3v) is 6.16. The van der Waals surface area contributed by atoms with Crippen molar-refractivity contribution in [2.45, 2.75) is 6.61 Å². The Kier molecular flexibility index (Phi) is 5.48. The molecular weight excluding hydrogens is 512 g/mol. The van der Waals surface area contributed by atoms with Crippen LogP contribution in [0.1, 0.15) is 11.6 Å². The number of nitro groups is 1. The van der Waals surface area contributed by atoms with Crippen molar-refractivity contribution in [2.24, 2.45) is 0 Å². The van der Waals surface area contributed by atoms with Crippen LogP contribution in [-0.4, -0.2) is 19.5 Å². The molecule has 33 heavy (non-hydrogen) atoms. The lowest BCUT2D eigenvalue weighted by molar-refractivity contribution is -0.384. The largest absolute Gasteiger partial charge is 0.486 e. The lowest BCUT2D eigenvalue weighted by Crippen LogP contribution is -2.23. The minimum atomic E-state index is -0.463. The van der Waals surface area contributed by atoms with Crippen LogP contribution in [-0.2, 0) is 6.61 Å². The van der Waals surface area contributed by atoms with Gasteiger partial charge in [-0.3, -0.25) is 14.9 Å². The Bertz CT molecular complexity index is 1590. The Labute approximate surface area is 197 Å². The molecule has 3 heterocycles. The van der Waals surface area contributed by atoms with Crippen LogP contribution in [0.2, 0.25) is 0 Å². The summed E-state index contributed by atoms with van der Waals surface area (Å²) in [7, 11) is 0. The van der Waals surface area contributed by atoms with E-state index in [9.17, 15) is 14.9 Å². The van der Waals surface area contributed by atoms with E-state index < -0.39 is 4.92 Å². The number of halogens is 1. The first-order valence-electron chi connectivity index (χ1n) is 9.60. The summed E-state index contributed by atoms with van der Waals surface area (Å²) in [6.07, 6.45) is 1.57. The molecule has 5 rings (SSSR count). The molecular formula is C22H13BrN4O5S. The maximum atomic E-state index is 12.7. The zero-order valence-electron chi connectivity index (χ0n) is 16.7. The average molecular weight is 525 g/mol. The summed E-state index contributed by atoms with van der Waals surface area (Å²) in [5.74, 6) is 1.79. The van der Waals surface area contributed by atoms with Crippen LogP contribution in [0.5, 0.6) is 5.75 Å². The Morgan fingerprint density at radius 1 is 1.15 bits per heavy atom. The van der Waals surface area contributed by atoms with Gasteiger partial charge in [0.05, 0.1) is 10.5 Å². The van der Waals surface area contributed by atoms with Gasteiger partial charge in [-0.2, -0.15) is 9.50 Å². The van der Waals surface area contributed by atoms with Gasteiger partial charge in [-0.15, -0.1) is 5.10 Å². The molecule has 0 unspecified atom stereocenters. The summed E-state index contributed by atoms with van der Waals surface area (Å²) in [6, 6.07) is 17.0. The molecule has 0 bridgehead atoms. The molecule has 0 radical (unpaired) electrons. The molecule has 0 spiro atoms. The van der Waals surface area contributed by atoms with Crippen molar-refractivity contribution in [1.29, 1.82) is 0 Å². The van der Waals surface area contributed by atoms with Crippen LogP contribution in [0.3, 0.4) is 0 Å². The molecule has 3 aromatic heterocycles. The summed E-state index contributed by atoms with van der Waals surface area (Å²) in [4.78, 5) is 28.3. The van der Waals surface area contributed by atoms with Crippen LogP contribution in [0, 0.1) is 10.1 Å². The van der Waals surface area contributed by atoms with E-state index in [1.807, 2.05) is 24.3 Å². The maximum absolute atomic E-state index is 12.7. The van der Waals surface area contributed by atoms with Crippen molar-refractivity contribution in [1.82, 2.24) is 14.6 Å².